The first kappa shape index (κ1) is 17.6. The number of amides is 1. The van der Waals surface area contributed by atoms with Gasteiger partial charge in [-0.05, 0) is 24.1 Å². The third kappa shape index (κ3) is 4.86. The van der Waals surface area contributed by atoms with E-state index in [1.54, 1.807) is 0 Å². The van der Waals surface area contributed by atoms with Crippen molar-refractivity contribution in [3.05, 3.63) is 29.8 Å². The molecule has 1 aliphatic rings. The van der Waals surface area contributed by atoms with Crippen LogP contribution in [-0.4, -0.2) is 30.2 Å². The molecule has 2 rings (SSSR count). The molecule has 1 heterocycles. The van der Waals surface area contributed by atoms with Crippen LogP contribution in [-0.2, 0) is 4.79 Å². The first-order valence-electron chi connectivity index (χ1n) is 7.77. The molecule has 0 bridgehead atoms. The Labute approximate surface area is 133 Å². The summed E-state index contributed by atoms with van der Waals surface area (Å²) in [6.07, 6.45) is -1.34. The number of benzene rings is 1. The van der Waals surface area contributed by atoms with Gasteiger partial charge in [0.25, 0.3) is 0 Å². The first-order chi connectivity index (χ1) is 10.9. The zero-order chi connectivity index (χ0) is 16.9. The lowest BCUT2D eigenvalue weighted by Crippen LogP contribution is -2.43. The normalized spacial score (nSPS) is 17.1. The number of carbonyl (C=O) groups excluding carboxylic acids is 1. The van der Waals surface area contributed by atoms with Gasteiger partial charge in [0.2, 0.25) is 5.91 Å². The third-order valence-corrected chi connectivity index (χ3v) is 3.68. The van der Waals surface area contributed by atoms with Crippen LogP contribution in [0.1, 0.15) is 44.2 Å². The van der Waals surface area contributed by atoms with Crippen molar-refractivity contribution in [2.75, 3.05) is 13.2 Å². The summed E-state index contributed by atoms with van der Waals surface area (Å²) in [5, 5.41) is 0.944. The third-order valence-electron chi connectivity index (χ3n) is 3.68. The maximum Gasteiger partial charge on any atom is 0.409 e. The Bertz CT molecular complexity index is 517. The number of halogens is 3. The highest BCUT2D eigenvalue weighted by Crippen LogP contribution is 2.38. The van der Waals surface area contributed by atoms with E-state index in [-0.39, 0.29) is 18.5 Å². The summed E-state index contributed by atoms with van der Waals surface area (Å²) >= 11 is 0. The van der Waals surface area contributed by atoms with Gasteiger partial charge in [-0.1, -0.05) is 31.9 Å². The van der Waals surface area contributed by atoms with Crippen LogP contribution in [0.2, 0.25) is 0 Å². The predicted molar refractivity (Wildman–Crippen MR) is 79.7 cm³/mol. The van der Waals surface area contributed by atoms with Crippen LogP contribution >= 0.6 is 0 Å². The minimum absolute atomic E-state index is 0.0400. The largest absolute Gasteiger partial charge is 0.494 e. The van der Waals surface area contributed by atoms with Gasteiger partial charge in [0, 0.05) is 13.0 Å². The lowest BCUT2D eigenvalue weighted by Gasteiger charge is -2.29. The molecule has 4 nitrogen and oxygen atoms in total. The Morgan fingerprint density at radius 1 is 1.26 bits per heavy atom. The molecule has 23 heavy (non-hydrogen) atoms. The number of nitrogens with zero attached hydrogens (tertiary/aromatic N) is 1. The van der Waals surface area contributed by atoms with E-state index in [9.17, 15) is 18.0 Å². The number of nitrogens with one attached hydrogen (secondary N) is 1. The van der Waals surface area contributed by atoms with Crippen molar-refractivity contribution < 1.29 is 22.7 Å². The second-order valence-corrected chi connectivity index (χ2v) is 5.55. The summed E-state index contributed by atoms with van der Waals surface area (Å²) in [7, 11) is 0. The Morgan fingerprint density at radius 3 is 2.48 bits per heavy atom. The molecule has 0 aliphatic carbocycles. The highest BCUT2D eigenvalue weighted by molar-refractivity contribution is 5.77. The summed E-state index contributed by atoms with van der Waals surface area (Å²) < 4.78 is 45.6. The van der Waals surface area contributed by atoms with Crippen molar-refractivity contribution >= 4 is 5.91 Å². The SMILES string of the molecule is CCCCCOc1ccc(C(N2CCC(=O)N2)C(F)(F)F)cc1. The van der Waals surface area contributed by atoms with Crippen LogP contribution in [0.5, 0.6) is 5.75 Å². The maximum atomic E-state index is 13.3. The monoisotopic (exact) mass is 330 g/mol. The number of hydrogen-bond donors (Lipinski definition) is 1. The minimum Gasteiger partial charge on any atom is -0.494 e. The molecule has 0 radical (unpaired) electrons. The van der Waals surface area contributed by atoms with E-state index in [1.807, 2.05) is 0 Å². The number of hydrogen-bond acceptors (Lipinski definition) is 3. The number of alkyl halides is 3. The van der Waals surface area contributed by atoms with Crippen LogP contribution in [0.25, 0.3) is 0 Å². The molecule has 1 aliphatic heterocycles. The van der Waals surface area contributed by atoms with E-state index >= 15 is 0 Å². The van der Waals surface area contributed by atoms with E-state index in [4.69, 9.17) is 4.74 Å². The Morgan fingerprint density at radius 2 is 1.96 bits per heavy atom. The van der Waals surface area contributed by atoms with Crippen LogP contribution in [0.3, 0.4) is 0 Å². The predicted octanol–water partition coefficient (Wildman–Crippen LogP) is 3.60. The number of carbonyl (C=O) groups is 1. The topological polar surface area (TPSA) is 41.6 Å². The van der Waals surface area contributed by atoms with Gasteiger partial charge in [0.15, 0.2) is 0 Å². The van der Waals surface area contributed by atoms with Crippen molar-refractivity contribution in [3.63, 3.8) is 0 Å². The quantitative estimate of drug-likeness (QED) is 0.777. The summed E-state index contributed by atoms with van der Waals surface area (Å²) in [5.74, 6) is 0.159. The van der Waals surface area contributed by atoms with Gasteiger partial charge in [-0.25, -0.2) is 5.01 Å². The smallest absolute Gasteiger partial charge is 0.409 e. The highest BCUT2D eigenvalue weighted by Gasteiger charge is 2.46. The van der Waals surface area contributed by atoms with E-state index in [1.165, 1.54) is 24.3 Å². The first-order valence-corrected chi connectivity index (χ1v) is 7.77. The van der Waals surface area contributed by atoms with Crippen molar-refractivity contribution in [3.8, 4) is 5.75 Å². The molecule has 0 saturated carbocycles. The fraction of sp³-hybridized carbons (Fsp3) is 0.562. The summed E-state index contributed by atoms with van der Waals surface area (Å²) in [4.78, 5) is 11.2. The molecular formula is C16H21F3N2O2. The molecule has 7 heteroatoms. The van der Waals surface area contributed by atoms with E-state index < -0.39 is 18.1 Å². The number of hydrazine groups is 1. The Kier molecular flexibility index (Phi) is 5.87. The Hall–Kier alpha value is -1.76. The summed E-state index contributed by atoms with van der Waals surface area (Å²) in [5.41, 5.74) is 2.35. The zero-order valence-corrected chi connectivity index (χ0v) is 13.0. The average molecular weight is 330 g/mol. The van der Waals surface area contributed by atoms with Gasteiger partial charge >= 0.3 is 6.18 Å². The van der Waals surface area contributed by atoms with Crippen LogP contribution in [0, 0.1) is 0 Å². The molecule has 1 unspecified atom stereocenters. The second kappa shape index (κ2) is 7.68. The number of ether oxygens (including phenoxy) is 1. The molecule has 0 aromatic heterocycles. The van der Waals surface area contributed by atoms with Gasteiger partial charge in [-0.2, -0.15) is 13.2 Å². The lowest BCUT2D eigenvalue weighted by molar-refractivity contribution is -0.191. The van der Waals surface area contributed by atoms with Gasteiger partial charge < -0.3 is 4.74 Å². The Balaban J connectivity index is 2.06. The highest BCUT2D eigenvalue weighted by atomic mass is 19.4. The van der Waals surface area contributed by atoms with E-state index in [0.29, 0.717) is 12.4 Å². The molecule has 1 aromatic carbocycles. The minimum atomic E-state index is -4.47. The number of unbranched alkanes of at least 4 members (excludes halogenated alkanes) is 2. The molecule has 1 fully saturated rings. The standard InChI is InChI=1S/C16H21F3N2O2/c1-2-3-4-11-23-13-7-5-12(6-8-13)15(16(17,18)19)21-10-9-14(22)20-21/h5-8,15H,2-4,9-11H2,1H3,(H,20,22). The fourth-order valence-corrected chi connectivity index (χ4v) is 2.52. The molecule has 1 saturated heterocycles. The van der Waals surface area contributed by atoms with Gasteiger partial charge in [-0.15, -0.1) is 0 Å². The van der Waals surface area contributed by atoms with Crippen molar-refractivity contribution in [2.45, 2.75) is 44.8 Å². The molecule has 128 valence electrons. The van der Waals surface area contributed by atoms with Crippen molar-refractivity contribution in [1.29, 1.82) is 0 Å². The summed E-state index contributed by atoms with van der Waals surface area (Å²) in [6, 6.07) is 4.04. The van der Waals surface area contributed by atoms with E-state index in [0.717, 1.165) is 24.3 Å². The second-order valence-electron chi connectivity index (χ2n) is 5.55. The van der Waals surface area contributed by atoms with Gasteiger partial charge in [0.05, 0.1) is 6.61 Å². The summed E-state index contributed by atoms with van der Waals surface area (Å²) in [6.45, 7) is 2.68. The molecule has 0 spiro atoms. The fourth-order valence-electron chi connectivity index (χ4n) is 2.52. The van der Waals surface area contributed by atoms with Crippen LogP contribution < -0.4 is 10.2 Å². The van der Waals surface area contributed by atoms with Crippen molar-refractivity contribution in [1.82, 2.24) is 10.4 Å². The number of rotatable bonds is 7. The van der Waals surface area contributed by atoms with Crippen LogP contribution in [0.4, 0.5) is 13.2 Å². The molecule has 1 amide bonds. The lowest BCUT2D eigenvalue weighted by atomic mass is 10.1. The van der Waals surface area contributed by atoms with Gasteiger partial charge in [-0.3, -0.25) is 10.2 Å². The molecule has 1 N–H and O–H groups in total. The zero-order valence-electron chi connectivity index (χ0n) is 13.0. The molecular weight excluding hydrogens is 309 g/mol. The maximum absolute atomic E-state index is 13.3. The van der Waals surface area contributed by atoms with Crippen molar-refractivity contribution in [2.24, 2.45) is 0 Å². The molecule has 1 aromatic rings. The van der Waals surface area contributed by atoms with Gasteiger partial charge in [0.1, 0.15) is 11.8 Å². The van der Waals surface area contributed by atoms with Crippen LogP contribution in [0.15, 0.2) is 24.3 Å². The average Bonchev–Trinajstić information content (AvgIpc) is 2.90. The molecule has 1 atom stereocenters. The van der Waals surface area contributed by atoms with E-state index in [2.05, 4.69) is 12.3 Å².